The minimum Gasteiger partial charge on any atom is -1.00 e. The molecule has 1 aromatic carbocycles. The molecule has 1 heterocycles. The van der Waals surface area contributed by atoms with Crippen molar-refractivity contribution in [1.82, 2.24) is 9.88 Å². The summed E-state index contributed by atoms with van der Waals surface area (Å²) in [6.07, 6.45) is 5.08. The molecule has 1 unspecified atom stereocenters. The number of fused-ring (bicyclic) bond motifs is 1. The van der Waals surface area contributed by atoms with Crippen molar-refractivity contribution >= 4 is 13.9 Å². The molecule has 1 saturated heterocycles. The monoisotopic (exact) mass is 390 g/mol. The molecule has 0 bridgehead atoms. The Morgan fingerprint density at radius 1 is 1.04 bits per heavy atom. The zero-order valence-electron chi connectivity index (χ0n) is 21.4. The summed E-state index contributed by atoms with van der Waals surface area (Å²) in [6.45, 7) is 14.0. The molecule has 1 aromatic rings. The number of allylic oxidation sites excluding steroid dienone is 1. The van der Waals surface area contributed by atoms with Gasteiger partial charge in [-0.05, 0) is 51.3 Å². The van der Waals surface area contributed by atoms with Crippen LogP contribution in [0.2, 0.25) is 13.1 Å². The SMILES string of the molecule is COc1cc2c(cc1OC)C([Si](C)(C)NC(C)(C)C)C=C2N1CCCC1.[H-].[H-].[Li+].[Li+]. The van der Waals surface area contributed by atoms with Gasteiger partial charge in [0.15, 0.2) is 11.5 Å². The summed E-state index contributed by atoms with van der Waals surface area (Å²) in [4.78, 5) is 6.51. The van der Waals surface area contributed by atoms with Crippen LogP contribution in [0.5, 0.6) is 11.5 Å². The van der Waals surface area contributed by atoms with Crippen molar-refractivity contribution < 1.29 is 50.0 Å². The molecule has 0 amide bonds. The number of likely N-dealkylation sites (tertiary alicyclic amines) is 1. The minimum atomic E-state index is -1.76. The summed E-state index contributed by atoms with van der Waals surface area (Å²) in [5.74, 6) is 1.65. The maximum atomic E-state index is 5.62. The van der Waals surface area contributed by atoms with Crippen LogP contribution in [0.25, 0.3) is 5.70 Å². The largest absolute Gasteiger partial charge is 1.00 e. The second kappa shape index (κ2) is 9.69. The molecule has 0 saturated carbocycles. The van der Waals surface area contributed by atoms with E-state index in [-0.39, 0.29) is 46.1 Å². The van der Waals surface area contributed by atoms with Gasteiger partial charge < -0.3 is 22.2 Å². The number of benzene rings is 1. The maximum absolute atomic E-state index is 5.62. The number of nitrogens with one attached hydrogen (secondary N) is 1. The van der Waals surface area contributed by atoms with Crippen molar-refractivity contribution in [2.45, 2.75) is 57.8 Å². The smallest absolute Gasteiger partial charge is 1.00 e. The van der Waals surface area contributed by atoms with Gasteiger partial charge in [0.2, 0.25) is 0 Å². The fourth-order valence-electron chi connectivity index (χ4n) is 4.59. The van der Waals surface area contributed by atoms with E-state index in [0.29, 0.717) is 5.54 Å². The Morgan fingerprint density at radius 3 is 2.07 bits per heavy atom. The molecule has 1 N–H and O–H groups in total. The predicted molar refractivity (Wildman–Crippen MR) is 114 cm³/mol. The molecule has 1 aliphatic heterocycles. The number of ether oxygens (including phenoxy) is 2. The van der Waals surface area contributed by atoms with Crippen molar-refractivity contribution in [3.63, 3.8) is 0 Å². The summed E-state index contributed by atoms with van der Waals surface area (Å²) < 4.78 is 11.2. The van der Waals surface area contributed by atoms with Gasteiger partial charge >= 0.3 is 37.7 Å². The van der Waals surface area contributed by atoms with Crippen LogP contribution in [0.3, 0.4) is 0 Å². The van der Waals surface area contributed by atoms with Crippen molar-refractivity contribution in [2.75, 3.05) is 27.3 Å². The Bertz CT molecular complexity index is 722. The van der Waals surface area contributed by atoms with Crippen LogP contribution in [0, 0.1) is 0 Å². The van der Waals surface area contributed by atoms with E-state index in [1.54, 1.807) is 14.2 Å². The second-order valence-corrected chi connectivity index (χ2v) is 13.4. The van der Waals surface area contributed by atoms with E-state index in [9.17, 15) is 0 Å². The zero-order chi connectivity index (χ0) is 19.1. The third kappa shape index (κ3) is 5.25. The van der Waals surface area contributed by atoms with Gasteiger partial charge in [-0.3, -0.25) is 0 Å². The fourth-order valence-corrected chi connectivity index (χ4v) is 8.27. The molecule has 0 spiro atoms. The van der Waals surface area contributed by atoms with Crippen LogP contribution in [0.15, 0.2) is 18.2 Å². The molecule has 4 nitrogen and oxygen atoms in total. The first kappa shape index (κ1) is 25.8. The van der Waals surface area contributed by atoms with Crippen LogP contribution in [-0.2, 0) is 0 Å². The van der Waals surface area contributed by atoms with Gasteiger partial charge in [-0.1, -0.05) is 19.2 Å². The van der Waals surface area contributed by atoms with Crippen molar-refractivity contribution in [3.8, 4) is 11.5 Å². The fraction of sp³-hybridized carbons (Fsp3) is 0.619. The van der Waals surface area contributed by atoms with Gasteiger partial charge in [-0.2, -0.15) is 0 Å². The number of hydrogen-bond donors (Lipinski definition) is 1. The first-order valence-corrected chi connectivity index (χ1v) is 12.8. The second-order valence-electron chi connectivity index (χ2n) is 9.11. The molecular weight excluding hydrogens is 354 g/mol. The molecule has 3 rings (SSSR count). The van der Waals surface area contributed by atoms with Crippen molar-refractivity contribution in [2.24, 2.45) is 0 Å². The first-order valence-electron chi connectivity index (χ1n) is 9.68. The molecule has 2 aliphatic rings. The van der Waals surface area contributed by atoms with Gasteiger partial charge in [-0.15, -0.1) is 0 Å². The molecule has 28 heavy (non-hydrogen) atoms. The van der Waals surface area contributed by atoms with Crippen LogP contribution in [-0.4, -0.2) is 46.0 Å². The topological polar surface area (TPSA) is 33.7 Å². The number of rotatable bonds is 5. The quantitative estimate of drug-likeness (QED) is 0.628. The van der Waals surface area contributed by atoms with E-state index in [1.165, 1.54) is 29.7 Å². The van der Waals surface area contributed by atoms with Crippen LogP contribution in [0.4, 0.5) is 0 Å². The standard InChI is InChI=1S/C21H34N2O2Si.2Li.2H/c1-21(2,3)22-26(6,7)20-14-17(23-10-8-9-11-23)15-12-18(24-4)19(25-5)13-16(15)20;;;;/h12-14,20,22H,8-11H2,1-7H3;;;;/q;2*+1;2*-1. The predicted octanol–water partition coefficient (Wildman–Crippen LogP) is -1.40. The maximum Gasteiger partial charge on any atom is 1.00 e. The average molecular weight is 390 g/mol. The Hall–Kier alpha value is -0.268. The van der Waals surface area contributed by atoms with Gasteiger partial charge in [0.1, 0.15) is 8.24 Å². The van der Waals surface area contributed by atoms with E-state index in [4.69, 9.17) is 9.47 Å². The van der Waals surface area contributed by atoms with E-state index < -0.39 is 8.24 Å². The number of methoxy groups -OCH3 is 2. The van der Waals surface area contributed by atoms with Crippen LogP contribution in [0.1, 0.15) is 53.1 Å². The summed E-state index contributed by atoms with van der Waals surface area (Å²) in [5.41, 5.74) is 4.63. The van der Waals surface area contributed by atoms with E-state index in [0.717, 1.165) is 24.6 Å². The van der Waals surface area contributed by atoms with E-state index in [2.05, 4.69) is 62.0 Å². The molecule has 0 radical (unpaired) electrons. The summed E-state index contributed by atoms with van der Waals surface area (Å²) >= 11 is 0. The first-order chi connectivity index (χ1) is 12.2. The Balaban J connectivity index is 0. The Labute approximate surface area is 199 Å². The molecular formula is C21H36Li2N2O2Si. The van der Waals surface area contributed by atoms with E-state index >= 15 is 0 Å². The molecule has 1 fully saturated rings. The van der Waals surface area contributed by atoms with Crippen molar-refractivity contribution in [3.05, 3.63) is 29.3 Å². The third-order valence-electron chi connectivity index (χ3n) is 5.41. The van der Waals surface area contributed by atoms with Crippen LogP contribution < -0.4 is 52.2 Å². The summed E-state index contributed by atoms with van der Waals surface area (Å²) in [5, 5.41) is 0. The van der Waals surface area contributed by atoms with E-state index in [1.807, 2.05) is 0 Å². The molecule has 1 aliphatic carbocycles. The van der Waals surface area contributed by atoms with Gasteiger partial charge in [-0.25, -0.2) is 0 Å². The van der Waals surface area contributed by atoms with Crippen molar-refractivity contribution in [1.29, 1.82) is 0 Å². The number of nitrogens with zero attached hydrogens (tertiary/aromatic N) is 1. The molecule has 0 aromatic heterocycles. The average Bonchev–Trinajstić information content (AvgIpc) is 3.18. The number of hydrogen-bond acceptors (Lipinski definition) is 4. The molecule has 148 valence electrons. The Morgan fingerprint density at radius 2 is 1.57 bits per heavy atom. The summed E-state index contributed by atoms with van der Waals surface area (Å²) in [6, 6.07) is 4.39. The van der Waals surface area contributed by atoms with Gasteiger partial charge in [0.25, 0.3) is 0 Å². The molecule has 1 atom stereocenters. The van der Waals surface area contributed by atoms with Gasteiger partial charge in [0, 0.05) is 35.4 Å². The van der Waals surface area contributed by atoms with Crippen LogP contribution >= 0.6 is 0 Å². The minimum absolute atomic E-state index is 0. The normalized spacial score (nSPS) is 18.8. The summed E-state index contributed by atoms with van der Waals surface area (Å²) in [7, 11) is 1.68. The van der Waals surface area contributed by atoms with Gasteiger partial charge in [0.05, 0.1) is 14.2 Å². The Kier molecular flexibility index (Phi) is 8.92. The third-order valence-corrected chi connectivity index (χ3v) is 8.84. The molecule has 7 heteroatoms. The zero-order valence-corrected chi connectivity index (χ0v) is 20.4.